The summed E-state index contributed by atoms with van der Waals surface area (Å²) in [5, 5.41) is 0. The first kappa shape index (κ1) is 17.4. The number of amides is 2. The van der Waals surface area contributed by atoms with Gasteiger partial charge < -0.3 is 9.47 Å². The monoisotopic (exact) mass is 422 g/mol. The second kappa shape index (κ2) is 8.63. The van der Waals surface area contributed by atoms with Crippen molar-refractivity contribution < 1.29 is 23.9 Å². The van der Waals surface area contributed by atoms with Crippen LogP contribution in [0.15, 0.2) is 27.1 Å². The summed E-state index contributed by atoms with van der Waals surface area (Å²) in [6.45, 7) is -0.293. The van der Waals surface area contributed by atoms with Gasteiger partial charge in [-0.3, -0.25) is 25.2 Å². The van der Waals surface area contributed by atoms with Crippen LogP contribution in [0.4, 0.5) is 0 Å². The van der Waals surface area contributed by atoms with E-state index in [4.69, 9.17) is 4.74 Å². The molecule has 0 aromatic heterocycles. The average molecular weight is 424 g/mol. The molecule has 0 bridgehead atoms. The standard InChI is InChI=1S/C12H12Br2N2O5/c1-20-12(19)5-10(17)15-16-11(18)6-21-9-3-2-7(13)4-8(9)14/h2-4H,5-6H2,1H3,(H,15,17)(H,16,18). The lowest BCUT2D eigenvalue weighted by Crippen LogP contribution is -2.44. The van der Waals surface area contributed by atoms with Crippen molar-refractivity contribution in [3.63, 3.8) is 0 Å². The van der Waals surface area contributed by atoms with E-state index in [2.05, 4.69) is 47.4 Å². The number of rotatable bonds is 5. The highest BCUT2D eigenvalue weighted by Crippen LogP contribution is 2.27. The molecule has 7 nitrogen and oxygen atoms in total. The highest BCUT2D eigenvalue weighted by atomic mass is 79.9. The van der Waals surface area contributed by atoms with Crippen molar-refractivity contribution in [2.75, 3.05) is 13.7 Å². The molecule has 1 rings (SSSR count). The fraction of sp³-hybridized carbons (Fsp3) is 0.250. The molecule has 1 aromatic rings. The van der Waals surface area contributed by atoms with Gasteiger partial charge in [0.05, 0.1) is 11.6 Å². The average Bonchev–Trinajstić information content (AvgIpc) is 2.44. The largest absolute Gasteiger partial charge is 0.483 e. The van der Waals surface area contributed by atoms with Gasteiger partial charge in [0.15, 0.2) is 6.61 Å². The number of hydrogen-bond acceptors (Lipinski definition) is 5. The van der Waals surface area contributed by atoms with E-state index in [9.17, 15) is 14.4 Å². The van der Waals surface area contributed by atoms with Crippen LogP contribution in [-0.2, 0) is 19.1 Å². The molecule has 0 aliphatic rings. The number of nitrogens with one attached hydrogen (secondary N) is 2. The second-order valence-corrected chi connectivity index (χ2v) is 5.48. The summed E-state index contributed by atoms with van der Waals surface area (Å²) in [7, 11) is 1.16. The van der Waals surface area contributed by atoms with Crippen LogP contribution in [0, 0.1) is 0 Å². The summed E-state index contributed by atoms with van der Waals surface area (Å²) in [6.07, 6.45) is -0.476. The minimum absolute atomic E-state index is 0.293. The van der Waals surface area contributed by atoms with Crippen LogP contribution in [0.3, 0.4) is 0 Å². The van der Waals surface area contributed by atoms with Gasteiger partial charge in [0, 0.05) is 4.47 Å². The summed E-state index contributed by atoms with van der Waals surface area (Å²) >= 11 is 6.58. The van der Waals surface area contributed by atoms with Gasteiger partial charge in [-0.1, -0.05) is 15.9 Å². The number of benzene rings is 1. The van der Waals surface area contributed by atoms with Gasteiger partial charge in [-0.2, -0.15) is 0 Å². The Labute approximate surface area is 137 Å². The van der Waals surface area contributed by atoms with Crippen LogP contribution in [-0.4, -0.2) is 31.5 Å². The number of esters is 1. The van der Waals surface area contributed by atoms with E-state index in [0.717, 1.165) is 11.6 Å². The Bertz CT molecular complexity index is 550. The fourth-order valence-electron chi connectivity index (χ4n) is 1.16. The summed E-state index contributed by atoms with van der Waals surface area (Å²) in [4.78, 5) is 33.5. The fourth-order valence-corrected chi connectivity index (χ4v) is 2.32. The van der Waals surface area contributed by atoms with Gasteiger partial charge in [-0.25, -0.2) is 0 Å². The van der Waals surface area contributed by atoms with Gasteiger partial charge in [-0.15, -0.1) is 0 Å². The quantitative estimate of drug-likeness (QED) is 0.423. The van der Waals surface area contributed by atoms with Crippen molar-refractivity contribution in [2.45, 2.75) is 6.42 Å². The van der Waals surface area contributed by atoms with Gasteiger partial charge >= 0.3 is 5.97 Å². The predicted molar refractivity (Wildman–Crippen MR) is 80.3 cm³/mol. The Morgan fingerprint density at radius 1 is 1.14 bits per heavy atom. The summed E-state index contributed by atoms with van der Waals surface area (Å²) in [6, 6.07) is 5.21. The maximum absolute atomic E-state index is 11.5. The Morgan fingerprint density at radius 2 is 1.81 bits per heavy atom. The number of methoxy groups -OCH3 is 1. The molecule has 114 valence electrons. The first-order valence-corrected chi connectivity index (χ1v) is 7.23. The molecule has 9 heteroatoms. The molecule has 2 N–H and O–H groups in total. The third-order valence-corrected chi connectivity index (χ3v) is 3.24. The van der Waals surface area contributed by atoms with Crippen molar-refractivity contribution in [1.29, 1.82) is 0 Å². The third kappa shape index (κ3) is 6.58. The molecule has 1 aromatic carbocycles. The molecule has 0 unspecified atom stereocenters. The Morgan fingerprint density at radius 3 is 2.43 bits per heavy atom. The van der Waals surface area contributed by atoms with Gasteiger partial charge in [-0.05, 0) is 34.1 Å². The summed E-state index contributed by atoms with van der Waals surface area (Å²) in [5.41, 5.74) is 4.19. The normalized spacial score (nSPS) is 9.67. The van der Waals surface area contributed by atoms with Gasteiger partial charge in [0.25, 0.3) is 5.91 Å². The zero-order chi connectivity index (χ0) is 15.8. The lowest BCUT2D eigenvalue weighted by atomic mass is 10.3. The molecule has 0 saturated heterocycles. The van der Waals surface area contributed by atoms with Crippen LogP contribution < -0.4 is 15.6 Å². The first-order valence-electron chi connectivity index (χ1n) is 5.64. The summed E-state index contributed by atoms with van der Waals surface area (Å²) in [5.74, 6) is -1.46. The van der Waals surface area contributed by atoms with E-state index < -0.39 is 24.2 Å². The van der Waals surface area contributed by atoms with E-state index in [-0.39, 0.29) is 6.61 Å². The lowest BCUT2D eigenvalue weighted by Gasteiger charge is -2.09. The molecule has 0 spiro atoms. The predicted octanol–water partition coefficient (Wildman–Crippen LogP) is 1.30. The number of carbonyl (C=O) groups excluding carboxylic acids is 3. The number of hydrazine groups is 1. The number of ether oxygens (including phenoxy) is 2. The Hall–Kier alpha value is -1.61. The third-order valence-electron chi connectivity index (χ3n) is 2.13. The minimum Gasteiger partial charge on any atom is -0.483 e. The number of hydrogen-bond donors (Lipinski definition) is 2. The van der Waals surface area contributed by atoms with E-state index in [0.29, 0.717) is 10.2 Å². The zero-order valence-corrected chi connectivity index (χ0v) is 14.1. The molecule has 0 radical (unpaired) electrons. The topological polar surface area (TPSA) is 93.7 Å². The maximum Gasteiger partial charge on any atom is 0.315 e. The molecule has 0 aliphatic carbocycles. The van der Waals surface area contributed by atoms with Crippen molar-refractivity contribution in [3.8, 4) is 5.75 Å². The van der Waals surface area contributed by atoms with Crippen LogP contribution in [0.25, 0.3) is 0 Å². The SMILES string of the molecule is COC(=O)CC(=O)NNC(=O)COc1ccc(Br)cc1Br. The molecule has 0 atom stereocenters. The molecule has 0 fully saturated rings. The molecule has 0 heterocycles. The second-order valence-electron chi connectivity index (χ2n) is 3.71. The van der Waals surface area contributed by atoms with Crippen molar-refractivity contribution >= 4 is 49.6 Å². The minimum atomic E-state index is -0.697. The van der Waals surface area contributed by atoms with E-state index in [1.54, 1.807) is 18.2 Å². The number of carbonyl (C=O) groups is 3. The molecule has 0 aliphatic heterocycles. The smallest absolute Gasteiger partial charge is 0.315 e. The van der Waals surface area contributed by atoms with Gasteiger partial charge in [0.1, 0.15) is 12.2 Å². The van der Waals surface area contributed by atoms with E-state index in [1.165, 1.54) is 0 Å². The van der Waals surface area contributed by atoms with E-state index >= 15 is 0 Å². The highest BCUT2D eigenvalue weighted by molar-refractivity contribution is 9.11. The number of halogens is 2. The van der Waals surface area contributed by atoms with Crippen LogP contribution in [0.5, 0.6) is 5.75 Å². The molecular formula is C12H12Br2N2O5. The first-order chi connectivity index (χ1) is 9.92. The van der Waals surface area contributed by atoms with Crippen LogP contribution >= 0.6 is 31.9 Å². The van der Waals surface area contributed by atoms with Crippen LogP contribution in [0.2, 0.25) is 0 Å². The van der Waals surface area contributed by atoms with Crippen molar-refractivity contribution in [3.05, 3.63) is 27.1 Å². The summed E-state index contributed by atoms with van der Waals surface area (Å²) < 4.78 is 11.1. The maximum atomic E-state index is 11.5. The molecule has 0 saturated carbocycles. The highest BCUT2D eigenvalue weighted by Gasteiger charge is 2.11. The molecule has 21 heavy (non-hydrogen) atoms. The van der Waals surface area contributed by atoms with Gasteiger partial charge in [0.2, 0.25) is 5.91 Å². The van der Waals surface area contributed by atoms with Crippen LogP contribution in [0.1, 0.15) is 6.42 Å². The van der Waals surface area contributed by atoms with Crippen molar-refractivity contribution in [1.82, 2.24) is 10.9 Å². The molecule has 2 amide bonds. The lowest BCUT2D eigenvalue weighted by molar-refractivity contribution is -0.144. The van der Waals surface area contributed by atoms with E-state index in [1.807, 2.05) is 0 Å². The van der Waals surface area contributed by atoms with Crippen molar-refractivity contribution in [2.24, 2.45) is 0 Å². The Balaban J connectivity index is 2.34. The Kier molecular flexibility index (Phi) is 7.17. The molecular weight excluding hydrogens is 412 g/mol. The zero-order valence-electron chi connectivity index (χ0n) is 10.9.